The van der Waals surface area contributed by atoms with E-state index in [1.165, 1.54) is 37.7 Å². The number of hydrogen-bond donors (Lipinski definition) is 2. The van der Waals surface area contributed by atoms with Gasteiger partial charge in [0.2, 0.25) is 0 Å². The van der Waals surface area contributed by atoms with Crippen LogP contribution in [0, 0.1) is 6.92 Å². The molecule has 0 aromatic heterocycles. The standard InChI is InChI=1S/C12H16O.C7H8O/c13-12-8-6-11(7-9-12)10-4-2-1-3-5-10;1-6-4-2-3-5-7(6)8/h6-10,13H,1-5H2;2-5,8H,1H3. The molecule has 0 heterocycles. The van der Waals surface area contributed by atoms with Crippen LogP contribution < -0.4 is 0 Å². The molecule has 0 atom stereocenters. The molecule has 1 aliphatic rings. The van der Waals surface area contributed by atoms with Crippen LogP contribution in [0.2, 0.25) is 0 Å². The Morgan fingerprint density at radius 3 is 1.95 bits per heavy atom. The number of benzene rings is 2. The number of aromatic hydroxyl groups is 2. The van der Waals surface area contributed by atoms with Crippen LogP contribution in [0.1, 0.15) is 49.1 Å². The van der Waals surface area contributed by atoms with Crippen molar-refractivity contribution in [2.45, 2.75) is 44.9 Å². The molecular formula is C19H24O2. The van der Waals surface area contributed by atoms with E-state index in [2.05, 4.69) is 12.1 Å². The van der Waals surface area contributed by atoms with Crippen LogP contribution in [0.25, 0.3) is 0 Å². The molecule has 21 heavy (non-hydrogen) atoms. The summed E-state index contributed by atoms with van der Waals surface area (Å²) in [6.45, 7) is 1.87. The Kier molecular flexibility index (Phi) is 5.68. The number of aryl methyl sites for hydroxylation is 1. The molecule has 0 radical (unpaired) electrons. The zero-order chi connectivity index (χ0) is 15.1. The first kappa shape index (κ1) is 15.4. The van der Waals surface area contributed by atoms with Crippen molar-refractivity contribution in [2.75, 3.05) is 0 Å². The maximum Gasteiger partial charge on any atom is 0.118 e. The minimum absolute atomic E-state index is 0.368. The van der Waals surface area contributed by atoms with Crippen LogP contribution in [-0.2, 0) is 0 Å². The molecule has 0 saturated heterocycles. The molecule has 0 unspecified atom stereocenters. The Hall–Kier alpha value is -1.96. The van der Waals surface area contributed by atoms with E-state index >= 15 is 0 Å². The fraction of sp³-hybridized carbons (Fsp3) is 0.368. The summed E-state index contributed by atoms with van der Waals surface area (Å²) < 4.78 is 0. The van der Waals surface area contributed by atoms with Gasteiger partial charge in [0, 0.05) is 0 Å². The molecule has 2 nitrogen and oxygen atoms in total. The molecule has 2 aromatic carbocycles. The van der Waals surface area contributed by atoms with E-state index in [1.807, 2.05) is 25.1 Å². The second-order valence-electron chi connectivity index (χ2n) is 5.71. The molecular weight excluding hydrogens is 260 g/mol. The molecule has 2 N–H and O–H groups in total. The highest BCUT2D eigenvalue weighted by Gasteiger charge is 2.14. The summed E-state index contributed by atoms with van der Waals surface area (Å²) in [4.78, 5) is 0. The first-order chi connectivity index (χ1) is 10.2. The van der Waals surface area contributed by atoms with Crippen LogP contribution >= 0.6 is 0 Å². The number of para-hydroxylation sites is 1. The van der Waals surface area contributed by atoms with Gasteiger partial charge in [-0.15, -0.1) is 0 Å². The van der Waals surface area contributed by atoms with Gasteiger partial charge in [-0.2, -0.15) is 0 Å². The molecule has 0 aliphatic heterocycles. The van der Waals surface area contributed by atoms with Crippen molar-refractivity contribution in [3.63, 3.8) is 0 Å². The lowest BCUT2D eigenvalue weighted by Gasteiger charge is -2.21. The molecule has 112 valence electrons. The van der Waals surface area contributed by atoms with Gasteiger partial charge in [0.05, 0.1) is 0 Å². The monoisotopic (exact) mass is 284 g/mol. The Morgan fingerprint density at radius 1 is 0.810 bits per heavy atom. The van der Waals surface area contributed by atoms with E-state index in [-0.39, 0.29) is 0 Å². The van der Waals surface area contributed by atoms with E-state index in [0.717, 1.165) is 11.5 Å². The van der Waals surface area contributed by atoms with Gasteiger partial charge in [-0.3, -0.25) is 0 Å². The van der Waals surface area contributed by atoms with Crippen LogP contribution in [0.4, 0.5) is 0 Å². The van der Waals surface area contributed by atoms with Gasteiger partial charge in [-0.1, -0.05) is 49.6 Å². The third-order valence-corrected chi connectivity index (χ3v) is 4.09. The molecule has 0 amide bonds. The first-order valence-electron chi connectivity index (χ1n) is 7.70. The van der Waals surface area contributed by atoms with E-state index in [0.29, 0.717) is 11.5 Å². The number of rotatable bonds is 1. The van der Waals surface area contributed by atoms with E-state index in [4.69, 9.17) is 10.2 Å². The third-order valence-electron chi connectivity index (χ3n) is 4.09. The van der Waals surface area contributed by atoms with Gasteiger partial charge < -0.3 is 10.2 Å². The van der Waals surface area contributed by atoms with E-state index < -0.39 is 0 Å². The van der Waals surface area contributed by atoms with Gasteiger partial charge in [0.25, 0.3) is 0 Å². The Labute approximate surface area is 127 Å². The second kappa shape index (κ2) is 7.72. The van der Waals surface area contributed by atoms with Crippen molar-refractivity contribution < 1.29 is 10.2 Å². The van der Waals surface area contributed by atoms with Crippen LogP contribution in [0.15, 0.2) is 48.5 Å². The lowest BCUT2D eigenvalue weighted by Crippen LogP contribution is -2.03. The maximum absolute atomic E-state index is 9.16. The Bertz CT molecular complexity index is 519. The lowest BCUT2D eigenvalue weighted by atomic mass is 9.84. The average Bonchev–Trinajstić information content (AvgIpc) is 2.53. The largest absolute Gasteiger partial charge is 0.508 e. The van der Waals surface area contributed by atoms with Crippen LogP contribution in [-0.4, -0.2) is 10.2 Å². The van der Waals surface area contributed by atoms with Crippen molar-refractivity contribution in [1.29, 1.82) is 0 Å². The summed E-state index contributed by atoms with van der Waals surface area (Å²) in [5, 5.41) is 18.1. The topological polar surface area (TPSA) is 40.5 Å². The smallest absolute Gasteiger partial charge is 0.118 e. The second-order valence-corrected chi connectivity index (χ2v) is 5.71. The van der Waals surface area contributed by atoms with Crippen molar-refractivity contribution >= 4 is 0 Å². The predicted octanol–water partition coefficient (Wildman–Crippen LogP) is 5.14. The van der Waals surface area contributed by atoms with Gasteiger partial charge in [-0.05, 0) is 55.0 Å². The number of phenolic OH excluding ortho intramolecular Hbond substituents is 2. The highest BCUT2D eigenvalue weighted by molar-refractivity contribution is 5.30. The normalized spacial score (nSPS) is 15.1. The summed E-state index contributed by atoms with van der Waals surface area (Å²) >= 11 is 0. The highest BCUT2D eigenvalue weighted by atomic mass is 16.3. The predicted molar refractivity (Wildman–Crippen MR) is 86.8 cm³/mol. The quantitative estimate of drug-likeness (QED) is 0.761. The molecule has 1 aliphatic carbocycles. The maximum atomic E-state index is 9.16. The first-order valence-corrected chi connectivity index (χ1v) is 7.70. The Balaban J connectivity index is 0.000000173. The lowest BCUT2D eigenvalue weighted by molar-refractivity contribution is 0.442. The zero-order valence-electron chi connectivity index (χ0n) is 12.6. The van der Waals surface area contributed by atoms with Crippen molar-refractivity contribution in [1.82, 2.24) is 0 Å². The molecule has 0 spiro atoms. The Morgan fingerprint density at radius 2 is 1.43 bits per heavy atom. The van der Waals surface area contributed by atoms with Crippen LogP contribution in [0.5, 0.6) is 11.5 Å². The molecule has 2 aromatic rings. The summed E-state index contributed by atoms with van der Waals surface area (Å²) in [6, 6.07) is 15.0. The third kappa shape index (κ3) is 4.82. The van der Waals surface area contributed by atoms with Crippen molar-refractivity contribution in [2.24, 2.45) is 0 Å². The summed E-state index contributed by atoms with van der Waals surface area (Å²) in [5.41, 5.74) is 2.32. The van der Waals surface area contributed by atoms with Gasteiger partial charge in [0.15, 0.2) is 0 Å². The minimum atomic E-state index is 0.368. The van der Waals surface area contributed by atoms with Crippen molar-refractivity contribution in [3.05, 3.63) is 59.7 Å². The fourth-order valence-corrected chi connectivity index (χ4v) is 2.75. The average molecular weight is 284 g/mol. The van der Waals surface area contributed by atoms with E-state index in [9.17, 15) is 0 Å². The van der Waals surface area contributed by atoms with E-state index in [1.54, 1.807) is 18.2 Å². The summed E-state index contributed by atoms with van der Waals surface area (Å²) in [6.07, 6.45) is 6.78. The minimum Gasteiger partial charge on any atom is -0.508 e. The molecule has 0 bridgehead atoms. The molecule has 1 saturated carbocycles. The summed E-state index contributed by atoms with van der Waals surface area (Å²) in [7, 11) is 0. The van der Waals surface area contributed by atoms with Crippen molar-refractivity contribution in [3.8, 4) is 11.5 Å². The summed E-state index contributed by atoms with van der Waals surface area (Å²) in [5.74, 6) is 1.49. The van der Waals surface area contributed by atoms with Gasteiger partial charge >= 0.3 is 0 Å². The highest BCUT2D eigenvalue weighted by Crippen LogP contribution is 2.32. The zero-order valence-corrected chi connectivity index (χ0v) is 12.6. The van der Waals surface area contributed by atoms with Gasteiger partial charge in [-0.25, -0.2) is 0 Å². The molecule has 3 rings (SSSR count). The SMILES string of the molecule is Cc1ccccc1O.Oc1ccc(C2CCCCC2)cc1. The fourth-order valence-electron chi connectivity index (χ4n) is 2.75. The van der Waals surface area contributed by atoms with Gasteiger partial charge in [0.1, 0.15) is 11.5 Å². The molecule has 1 fully saturated rings. The van der Waals surface area contributed by atoms with Crippen LogP contribution in [0.3, 0.4) is 0 Å². The number of phenols is 2. The molecule has 2 heteroatoms. The number of hydrogen-bond acceptors (Lipinski definition) is 2.